The fraction of sp³-hybridized carbons (Fsp3) is 0.167. The summed E-state index contributed by atoms with van der Waals surface area (Å²) < 4.78 is 0. The summed E-state index contributed by atoms with van der Waals surface area (Å²) >= 11 is 3.36. The number of amides is 2. The molecule has 0 spiro atoms. The highest BCUT2D eigenvalue weighted by Crippen LogP contribution is 2.15. The average Bonchev–Trinajstić information content (AvgIpc) is 3.54. The largest absolute Gasteiger partial charge is 0.352 e. The number of nitrogens with zero attached hydrogens (tertiary/aromatic N) is 2. The summed E-state index contributed by atoms with van der Waals surface area (Å²) in [5.41, 5.74) is 2.29. The molecule has 4 aromatic rings. The van der Waals surface area contributed by atoms with Crippen molar-refractivity contribution in [1.82, 2.24) is 20.6 Å². The first-order chi connectivity index (χ1) is 15.7. The van der Waals surface area contributed by atoms with E-state index in [2.05, 4.69) is 32.7 Å². The van der Waals surface area contributed by atoms with Crippen molar-refractivity contribution in [2.75, 3.05) is 13.1 Å². The molecule has 4 heterocycles. The lowest BCUT2D eigenvalue weighted by atomic mass is 10.1. The Hall–Kier alpha value is -3.36. The first kappa shape index (κ1) is 21.9. The maximum atomic E-state index is 12.3. The van der Waals surface area contributed by atoms with Gasteiger partial charge in [0.2, 0.25) is 0 Å². The maximum Gasteiger partial charge on any atom is 0.252 e. The Morgan fingerprint density at radius 1 is 0.688 bits per heavy atom. The van der Waals surface area contributed by atoms with Gasteiger partial charge < -0.3 is 10.6 Å². The molecule has 0 fully saturated rings. The molecule has 6 nitrogen and oxygen atoms in total. The van der Waals surface area contributed by atoms with E-state index in [9.17, 15) is 9.59 Å². The Labute approximate surface area is 194 Å². The zero-order valence-electron chi connectivity index (χ0n) is 17.3. The Morgan fingerprint density at radius 2 is 1.16 bits per heavy atom. The molecule has 0 saturated heterocycles. The molecule has 0 radical (unpaired) electrons. The fourth-order valence-electron chi connectivity index (χ4n) is 3.07. The molecule has 0 aromatic carbocycles. The zero-order valence-corrected chi connectivity index (χ0v) is 18.9. The Kier molecular flexibility index (Phi) is 7.37. The van der Waals surface area contributed by atoms with E-state index in [-0.39, 0.29) is 11.8 Å². The summed E-state index contributed by atoms with van der Waals surface area (Å²) in [5.74, 6) is -0.300. The molecular weight excluding hydrogens is 440 g/mol. The number of hydrogen-bond donors (Lipinski definition) is 2. The van der Waals surface area contributed by atoms with Crippen molar-refractivity contribution in [2.45, 2.75) is 12.8 Å². The normalized spacial score (nSPS) is 10.6. The third-order valence-corrected chi connectivity index (χ3v) is 6.66. The molecule has 0 bridgehead atoms. The summed E-state index contributed by atoms with van der Waals surface area (Å²) in [7, 11) is 0. The van der Waals surface area contributed by atoms with Crippen molar-refractivity contribution in [3.8, 4) is 11.4 Å². The predicted molar refractivity (Wildman–Crippen MR) is 128 cm³/mol. The molecule has 4 rings (SSSR count). The minimum Gasteiger partial charge on any atom is -0.352 e. The molecule has 0 unspecified atom stereocenters. The summed E-state index contributed by atoms with van der Waals surface area (Å²) in [6.07, 6.45) is 4.71. The van der Waals surface area contributed by atoms with Crippen LogP contribution >= 0.6 is 22.7 Å². The summed E-state index contributed by atoms with van der Waals surface area (Å²) in [4.78, 5) is 35.8. The van der Waals surface area contributed by atoms with Gasteiger partial charge in [0.05, 0.1) is 22.5 Å². The van der Waals surface area contributed by atoms with Crippen LogP contribution in [0.15, 0.2) is 71.7 Å². The van der Waals surface area contributed by atoms with Crippen molar-refractivity contribution < 1.29 is 9.59 Å². The van der Waals surface area contributed by atoms with Crippen LogP contribution in [0.3, 0.4) is 0 Å². The average molecular weight is 463 g/mol. The standard InChI is InChI=1S/C24H22N4O2S2/c29-23(25-11-9-19-3-1-13-31-19)17-5-7-21(27-15-17)22-8-6-18(16-28-22)24(30)26-12-10-20-4-2-14-32-20/h1-8,13-16H,9-12H2,(H,25,29)(H,26,30). The highest BCUT2D eigenvalue weighted by atomic mass is 32.1. The number of rotatable bonds is 9. The first-order valence-electron chi connectivity index (χ1n) is 10.2. The van der Waals surface area contributed by atoms with Gasteiger partial charge in [-0.2, -0.15) is 0 Å². The molecule has 0 saturated carbocycles. The molecule has 162 valence electrons. The smallest absolute Gasteiger partial charge is 0.252 e. The van der Waals surface area contributed by atoms with Crippen molar-refractivity contribution >= 4 is 34.5 Å². The van der Waals surface area contributed by atoms with Crippen LogP contribution in [-0.4, -0.2) is 34.9 Å². The molecule has 0 aliphatic rings. The van der Waals surface area contributed by atoms with Crippen LogP contribution in [0.25, 0.3) is 11.4 Å². The fourth-order valence-corrected chi connectivity index (χ4v) is 4.49. The Balaban J connectivity index is 1.28. The van der Waals surface area contributed by atoms with E-state index in [0.29, 0.717) is 35.6 Å². The van der Waals surface area contributed by atoms with Crippen LogP contribution in [0.4, 0.5) is 0 Å². The topological polar surface area (TPSA) is 84.0 Å². The lowest BCUT2D eigenvalue weighted by Gasteiger charge is -2.07. The van der Waals surface area contributed by atoms with Gasteiger partial charge in [-0.25, -0.2) is 0 Å². The van der Waals surface area contributed by atoms with Crippen LogP contribution in [0.1, 0.15) is 30.5 Å². The van der Waals surface area contributed by atoms with Crippen molar-refractivity contribution in [2.24, 2.45) is 0 Å². The second kappa shape index (κ2) is 10.8. The van der Waals surface area contributed by atoms with E-state index in [4.69, 9.17) is 0 Å². The van der Waals surface area contributed by atoms with E-state index < -0.39 is 0 Å². The van der Waals surface area contributed by atoms with Gasteiger partial charge in [0.1, 0.15) is 0 Å². The van der Waals surface area contributed by atoms with Gasteiger partial charge in [0.15, 0.2) is 0 Å². The van der Waals surface area contributed by atoms with Crippen molar-refractivity contribution in [3.63, 3.8) is 0 Å². The van der Waals surface area contributed by atoms with Gasteiger partial charge in [-0.05, 0) is 60.0 Å². The predicted octanol–water partition coefficient (Wildman–Crippen LogP) is 4.21. The van der Waals surface area contributed by atoms with Gasteiger partial charge in [-0.1, -0.05) is 12.1 Å². The number of pyridine rings is 2. The van der Waals surface area contributed by atoms with E-state index in [0.717, 1.165) is 12.8 Å². The van der Waals surface area contributed by atoms with Crippen LogP contribution in [0, 0.1) is 0 Å². The minimum absolute atomic E-state index is 0.150. The lowest BCUT2D eigenvalue weighted by Crippen LogP contribution is -2.25. The molecule has 32 heavy (non-hydrogen) atoms. The number of carbonyl (C=O) groups excluding carboxylic acids is 2. The van der Waals surface area contributed by atoms with Crippen molar-refractivity contribution in [3.05, 3.63) is 92.6 Å². The monoisotopic (exact) mass is 462 g/mol. The van der Waals surface area contributed by atoms with Gasteiger partial charge in [-0.15, -0.1) is 22.7 Å². The van der Waals surface area contributed by atoms with Crippen LogP contribution < -0.4 is 10.6 Å². The molecule has 4 aromatic heterocycles. The maximum absolute atomic E-state index is 12.3. The Morgan fingerprint density at radius 3 is 1.50 bits per heavy atom. The number of thiophene rings is 2. The van der Waals surface area contributed by atoms with E-state index in [1.807, 2.05) is 22.9 Å². The molecule has 0 aliphatic heterocycles. The summed E-state index contributed by atoms with van der Waals surface area (Å²) in [6, 6.07) is 15.1. The van der Waals surface area contributed by atoms with Crippen LogP contribution in [0.2, 0.25) is 0 Å². The first-order valence-corrected chi connectivity index (χ1v) is 12.0. The van der Waals surface area contributed by atoms with Gasteiger partial charge in [-0.3, -0.25) is 19.6 Å². The molecule has 0 atom stereocenters. The second-order valence-corrected chi connectivity index (χ2v) is 9.10. The van der Waals surface area contributed by atoms with E-state index >= 15 is 0 Å². The SMILES string of the molecule is O=C(NCCc1cccs1)c1ccc(-c2ccc(C(=O)NCCc3cccs3)cn2)nc1. The second-order valence-electron chi connectivity index (χ2n) is 7.03. The number of carbonyl (C=O) groups is 2. The molecule has 2 N–H and O–H groups in total. The molecule has 0 aliphatic carbocycles. The van der Waals surface area contributed by atoms with E-state index in [1.165, 1.54) is 9.75 Å². The molecule has 8 heteroatoms. The van der Waals surface area contributed by atoms with Gasteiger partial charge >= 0.3 is 0 Å². The highest BCUT2D eigenvalue weighted by molar-refractivity contribution is 7.10. The van der Waals surface area contributed by atoms with Crippen LogP contribution in [0.5, 0.6) is 0 Å². The minimum atomic E-state index is -0.150. The number of nitrogens with one attached hydrogen (secondary N) is 2. The zero-order chi connectivity index (χ0) is 22.2. The summed E-state index contributed by atoms with van der Waals surface area (Å²) in [5, 5.41) is 9.87. The van der Waals surface area contributed by atoms with E-state index in [1.54, 1.807) is 59.3 Å². The van der Waals surface area contributed by atoms with Gasteiger partial charge in [0, 0.05) is 35.2 Å². The molecular formula is C24H22N4O2S2. The number of aromatic nitrogens is 2. The van der Waals surface area contributed by atoms with Gasteiger partial charge in [0.25, 0.3) is 11.8 Å². The third kappa shape index (κ3) is 5.87. The van der Waals surface area contributed by atoms with Crippen LogP contribution in [-0.2, 0) is 12.8 Å². The van der Waals surface area contributed by atoms with Crippen molar-refractivity contribution in [1.29, 1.82) is 0 Å². The third-order valence-electron chi connectivity index (χ3n) is 4.79. The number of hydrogen-bond acceptors (Lipinski definition) is 6. The summed E-state index contributed by atoms with van der Waals surface area (Å²) in [6.45, 7) is 1.17. The Bertz CT molecular complexity index is 1050. The quantitative estimate of drug-likeness (QED) is 0.390. The lowest BCUT2D eigenvalue weighted by molar-refractivity contribution is 0.0945. The molecule has 2 amide bonds. The highest BCUT2D eigenvalue weighted by Gasteiger charge is 2.10.